The second kappa shape index (κ2) is 6.19. The quantitative estimate of drug-likeness (QED) is 0.655. The molecule has 0 spiro atoms. The first-order valence-corrected chi connectivity index (χ1v) is 8.92. The van der Waals surface area contributed by atoms with Gasteiger partial charge in [0, 0.05) is 30.7 Å². The molecule has 0 aliphatic rings. The minimum atomic E-state index is -3.88. The van der Waals surface area contributed by atoms with Gasteiger partial charge in [0.25, 0.3) is 5.91 Å². The molecular weight excluding hydrogens is 342 g/mol. The second-order valence-electron chi connectivity index (χ2n) is 5.63. The molecule has 2 heterocycles. The van der Waals surface area contributed by atoms with E-state index in [1.807, 2.05) is 19.1 Å². The summed E-state index contributed by atoms with van der Waals surface area (Å²) in [5, 5.41) is 7.89. The van der Waals surface area contributed by atoms with Crippen LogP contribution in [0.1, 0.15) is 16.2 Å². The van der Waals surface area contributed by atoms with Crippen molar-refractivity contribution in [1.29, 1.82) is 0 Å². The van der Waals surface area contributed by atoms with Gasteiger partial charge < -0.3 is 14.9 Å². The molecule has 3 rings (SSSR count). The zero-order valence-corrected chi connectivity index (χ0v) is 14.5. The van der Waals surface area contributed by atoms with E-state index in [1.54, 1.807) is 25.4 Å². The summed E-state index contributed by atoms with van der Waals surface area (Å²) in [4.78, 5) is 19.8. The summed E-state index contributed by atoms with van der Waals surface area (Å²) in [5.41, 5.74) is 2.36. The fraction of sp³-hybridized carbons (Fsp3) is 0.125. The van der Waals surface area contributed by atoms with Crippen LogP contribution in [0.2, 0.25) is 0 Å². The molecule has 2 aromatic heterocycles. The number of nitrogens with one attached hydrogen (secondary N) is 2. The Morgan fingerprint density at radius 2 is 2.04 bits per heavy atom. The van der Waals surface area contributed by atoms with Crippen LogP contribution in [0.25, 0.3) is 11.4 Å². The normalized spacial score (nSPS) is 11.5. The number of H-pyrrole nitrogens is 1. The van der Waals surface area contributed by atoms with E-state index in [9.17, 15) is 13.2 Å². The molecule has 0 aliphatic heterocycles. The van der Waals surface area contributed by atoms with Gasteiger partial charge in [-0.15, -0.1) is 0 Å². The lowest BCUT2D eigenvalue weighted by Crippen LogP contribution is -2.16. The number of sulfonamides is 1. The largest absolute Gasteiger partial charge is 0.345 e. The number of amides is 1. The highest BCUT2D eigenvalue weighted by atomic mass is 32.2. The van der Waals surface area contributed by atoms with Crippen LogP contribution in [0.4, 0.5) is 5.69 Å². The molecule has 3 aromatic rings. The summed E-state index contributed by atoms with van der Waals surface area (Å²) in [6.07, 6.45) is 3.00. The summed E-state index contributed by atoms with van der Waals surface area (Å²) in [6.45, 7) is 1.89. The van der Waals surface area contributed by atoms with Gasteiger partial charge in [-0.3, -0.25) is 4.79 Å². The van der Waals surface area contributed by atoms with E-state index in [0.29, 0.717) is 11.5 Å². The summed E-state index contributed by atoms with van der Waals surface area (Å²) in [7, 11) is -2.30. The van der Waals surface area contributed by atoms with E-state index in [2.05, 4.69) is 15.3 Å². The monoisotopic (exact) mass is 359 g/mol. The molecule has 1 amide bonds. The maximum Gasteiger partial charge on any atom is 0.272 e. The predicted octanol–water partition coefficient (Wildman–Crippen LogP) is 1.62. The molecule has 0 saturated carbocycles. The van der Waals surface area contributed by atoms with Crippen LogP contribution in [0, 0.1) is 6.92 Å². The summed E-state index contributed by atoms with van der Waals surface area (Å²) in [5.74, 6) is 0.179. The van der Waals surface area contributed by atoms with E-state index >= 15 is 0 Å². The number of para-hydroxylation sites is 1. The number of rotatable bonds is 4. The molecule has 1 aromatic carbocycles. The third-order valence-corrected chi connectivity index (χ3v) is 4.55. The van der Waals surface area contributed by atoms with E-state index in [4.69, 9.17) is 5.14 Å². The number of hydrogen-bond acceptors (Lipinski definition) is 4. The number of imidazole rings is 1. The van der Waals surface area contributed by atoms with Gasteiger partial charge in [-0.05, 0) is 25.1 Å². The van der Waals surface area contributed by atoms with E-state index in [0.717, 1.165) is 11.3 Å². The highest BCUT2D eigenvalue weighted by molar-refractivity contribution is 7.89. The van der Waals surface area contributed by atoms with Gasteiger partial charge in [-0.1, -0.05) is 12.1 Å². The Hall–Kier alpha value is -2.91. The van der Waals surface area contributed by atoms with Crippen molar-refractivity contribution in [3.8, 4) is 11.4 Å². The number of carbonyl (C=O) groups is 1. The van der Waals surface area contributed by atoms with Crippen LogP contribution < -0.4 is 10.5 Å². The Balaban J connectivity index is 1.94. The van der Waals surface area contributed by atoms with Crippen LogP contribution in [0.15, 0.2) is 47.6 Å². The van der Waals surface area contributed by atoms with Crippen molar-refractivity contribution in [2.75, 3.05) is 5.32 Å². The predicted molar refractivity (Wildman–Crippen MR) is 93.5 cm³/mol. The van der Waals surface area contributed by atoms with Gasteiger partial charge in [-0.25, -0.2) is 18.5 Å². The van der Waals surface area contributed by atoms with Gasteiger partial charge in [0.15, 0.2) is 0 Å². The minimum Gasteiger partial charge on any atom is -0.345 e. The topological polar surface area (TPSA) is 123 Å². The lowest BCUT2D eigenvalue weighted by atomic mass is 10.1. The average molecular weight is 359 g/mol. The van der Waals surface area contributed by atoms with Crippen LogP contribution in [-0.2, 0) is 17.1 Å². The van der Waals surface area contributed by atoms with Crippen molar-refractivity contribution in [3.63, 3.8) is 0 Å². The summed E-state index contributed by atoms with van der Waals surface area (Å²) >= 11 is 0. The molecule has 4 N–H and O–H groups in total. The standard InChI is InChI=1S/C16H17N5O3S/c1-10-8-18-15(19-10)12-5-3-4-6-13(12)20-16(22)14-7-11(9-21(14)2)25(17,23)24/h3-9H,1-2H3,(H,18,19)(H,20,22)(H2,17,23,24). The number of aromatic nitrogens is 3. The number of aromatic amines is 1. The van der Waals surface area contributed by atoms with Crippen molar-refractivity contribution in [3.05, 3.63) is 54.1 Å². The molecule has 0 radical (unpaired) electrons. The van der Waals surface area contributed by atoms with Crippen LogP contribution >= 0.6 is 0 Å². The van der Waals surface area contributed by atoms with Crippen molar-refractivity contribution < 1.29 is 13.2 Å². The molecule has 130 valence electrons. The number of benzene rings is 1. The first-order valence-electron chi connectivity index (χ1n) is 7.37. The Labute approximate surface area is 144 Å². The Morgan fingerprint density at radius 3 is 2.64 bits per heavy atom. The van der Waals surface area contributed by atoms with Gasteiger partial charge in [0.2, 0.25) is 10.0 Å². The number of anilines is 1. The molecule has 0 bridgehead atoms. The zero-order chi connectivity index (χ0) is 18.2. The summed E-state index contributed by atoms with van der Waals surface area (Å²) < 4.78 is 24.3. The van der Waals surface area contributed by atoms with Gasteiger partial charge in [0.1, 0.15) is 16.4 Å². The molecular formula is C16H17N5O3S. The van der Waals surface area contributed by atoms with E-state index in [1.165, 1.54) is 16.8 Å². The first-order chi connectivity index (χ1) is 11.8. The smallest absolute Gasteiger partial charge is 0.272 e. The number of carbonyl (C=O) groups excluding carboxylic acids is 1. The van der Waals surface area contributed by atoms with Crippen LogP contribution in [0.3, 0.4) is 0 Å². The van der Waals surface area contributed by atoms with Gasteiger partial charge >= 0.3 is 0 Å². The number of aryl methyl sites for hydroxylation is 2. The minimum absolute atomic E-state index is 0.116. The fourth-order valence-electron chi connectivity index (χ4n) is 2.45. The molecule has 0 aliphatic carbocycles. The van der Waals surface area contributed by atoms with Crippen molar-refractivity contribution in [2.24, 2.45) is 12.2 Å². The van der Waals surface area contributed by atoms with Crippen molar-refractivity contribution in [1.82, 2.24) is 14.5 Å². The third-order valence-electron chi connectivity index (χ3n) is 3.67. The molecule has 0 unspecified atom stereocenters. The van der Waals surface area contributed by atoms with Crippen LogP contribution in [0.5, 0.6) is 0 Å². The van der Waals surface area contributed by atoms with E-state index < -0.39 is 15.9 Å². The maximum absolute atomic E-state index is 12.6. The Bertz CT molecular complexity index is 1050. The third kappa shape index (κ3) is 3.47. The van der Waals surface area contributed by atoms with Crippen molar-refractivity contribution >= 4 is 21.6 Å². The fourth-order valence-corrected chi connectivity index (χ4v) is 3.03. The molecule has 0 atom stereocenters. The highest BCUT2D eigenvalue weighted by Crippen LogP contribution is 2.26. The SMILES string of the molecule is Cc1cnc(-c2ccccc2NC(=O)c2cc(S(N)(=O)=O)cn2C)[nH]1. The lowest BCUT2D eigenvalue weighted by molar-refractivity contribution is 0.101. The second-order valence-corrected chi connectivity index (χ2v) is 7.19. The molecule has 0 saturated heterocycles. The molecule has 0 fully saturated rings. The number of hydrogen-bond donors (Lipinski definition) is 3. The molecule has 25 heavy (non-hydrogen) atoms. The van der Waals surface area contributed by atoms with Gasteiger partial charge in [-0.2, -0.15) is 0 Å². The first kappa shape index (κ1) is 16.9. The molecule has 8 nitrogen and oxygen atoms in total. The van der Waals surface area contributed by atoms with E-state index in [-0.39, 0.29) is 10.6 Å². The zero-order valence-electron chi connectivity index (χ0n) is 13.6. The average Bonchev–Trinajstić information content (AvgIpc) is 3.13. The van der Waals surface area contributed by atoms with Crippen molar-refractivity contribution in [2.45, 2.75) is 11.8 Å². The lowest BCUT2D eigenvalue weighted by Gasteiger charge is -2.10. The number of nitrogens with zero attached hydrogens (tertiary/aromatic N) is 2. The summed E-state index contributed by atoms with van der Waals surface area (Å²) in [6, 6.07) is 8.44. The maximum atomic E-state index is 12.6. The Kier molecular flexibility index (Phi) is 4.19. The number of primary sulfonamides is 1. The Morgan fingerprint density at radius 1 is 1.32 bits per heavy atom. The molecule has 9 heteroatoms. The number of nitrogens with two attached hydrogens (primary N) is 1. The van der Waals surface area contributed by atoms with Gasteiger partial charge in [0.05, 0.1) is 5.69 Å². The highest BCUT2D eigenvalue weighted by Gasteiger charge is 2.19. The van der Waals surface area contributed by atoms with Crippen LogP contribution in [-0.4, -0.2) is 28.9 Å².